The van der Waals surface area contributed by atoms with Crippen LogP contribution < -0.4 is 4.74 Å². The number of nitro benzene ring substituents is 1. The van der Waals surface area contributed by atoms with E-state index in [1.165, 1.54) is 12.3 Å². The van der Waals surface area contributed by atoms with Crippen molar-refractivity contribution >= 4 is 11.9 Å². The zero-order chi connectivity index (χ0) is 14.9. The second-order valence-corrected chi connectivity index (χ2v) is 4.05. The van der Waals surface area contributed by atoms with E-state index in [-0.39, 0.29) is 12.3 Å². The average Bonchev–Trinajstić information content (AvgIpc) is 2.52. The fourth-order valence-electron chi connectivity index (χ4n) is 1.62. The Labute approximate surface area is 121 Å². The minimum Gasteiger partial charge on any atom is -0.490 e. The molecule has 2 rings (SSSR count). The Morgan fingerprint density at radius 3 is 2.52 bits per heavy atom. The van der Waals surface area contributed by atoms with E-state index in [0.29, 0.717) is 12.2 Å². The van der Waals surface area contributed by atoms with Crippen molar-refractivity contribution in [2.45, 2.75) is 0 Å². The van der Waals surface area contributed by atoms with Crippen LogP contribution in [0.25, 0.3) is 0 Å². The highest BCUT2D eigenvalue weighted by Crippen LogP contribution is 2.15. The van der Waals surface area contributed by atoms with Crippen LogP contribution in [0.3, 0.4) is 0 Å². The Morgan fingerprint density at radius 1 is 1.05 bits per heavy atom. The van der Waals surface area contributed by atoms with Crippen molar-refractivity contribution in [1.82, 2.24) is 0 Å². The Kier molecular flexibility index (Phi) is 5.28. The standard InChI is InChI=1S/C15H14N2O4/c18-17(19)15-9-5-4-6-13(15)12-16-21-11-10-20-14-7-2-1-3-8-14/h1-9,12H,10-11H2/b16-12+. The highest BCUT2D eigenvalue weighted by molar-refractivity contribution is 5.84. The van der Waals surface area contributed by atoms with Crippen molar-refractivity contribution in [1.29, 1.82) is 0 Å². The lowest BCUT2D eigenvalue weighted by Crippen LogP contribution is -2.04. The molecule has 0 amide bonds. The van der Waals surface area contributed by atoms with Gasteiger partial charge >= 0.3 is 0 Å². The van der Waals surface area contributed by atoms with Crippen LogP contribution in [0.4, 0.5) is 5.69 Å². The first-order valence-corrected chi connectivity index (χ1v) is 6.34. The summed E-state index contributed by atoms with van der Waals surface area (Å²) in [6.07, 6.45) is 1.32. The summed E-state index contributed by atoms with van der Waals surface area (Å²) in [4.78, 5) is 15.4. The van der Waals surface area contributed by atoms with Crippen molar-refractivity contribution in [3.63, 3.8) is 0 Å². The molecule has 0 atom stereocenters. The average molecular weight is 286 g/mol. The fraction of sp³-hybridized carbons (Fsp3) is 0.133. The van der Waals surface area contributed by atoms with Gasteiger partial charge < -0.3 is 9.57 Å². The molecule has 0 aliphatic carbocycles. The van der Waals surface area contributed by atoms with Crippen LogP contribution in [-0.2, 0) is 4.84 Å². The molecule has 6 heteroatoms. The lowest BCUT2D eigenvalue weighted by molar-refractivity contribution is -0.385. The number of nitrogens with zero attached hydrogens (tertiary/aromatic N) is 2. The molecule has 6 nitrogen and oxygen atoms in total. The summed E-state index contributed by atoms with van der Waals surface area (Å²) in [6.45, 7) is 0.601. The Morgan fingerprint density at radius 2 is 1.76 bits per heavy atom. The largest absolute Gasteiger partial charge is 0.490 e. The summed E-state index contributed by atoms with van der Waals surface area (Å²) in [5.74, 6) is 0.753. The molecule has 108 valence electrons. The molecule has 2 aromatic carbocycles. The summed E-state index contributed by atoms with van der Waals surface area (Å²) in [5, 5.41) is 14.5. The van der Waals surface area contributed by atoms with Crippen molar-refractivity contribution in [3.8, 4) is 5.75 Å². The number of hydrogen-bond donors (Lipinski definition) is 0. The maximum atomic E-state index is 10.8. The van der Waals surface area contributed by atoms with E-state index in [2.05, 4.69) is 5.16 Å². The lowest BCUT2D eigenvalue weighted by Gasteiger charge is -2.04. The number of ether oxygens (including phenoxy) is 1. The van der Waals surface area contributed by atoms with Gasteiger partial charge in [0.05, 0.1) is 16.7 Å². The van der Waals surface area contributed by atoms with Crippen LogP contribution in [0.1, 0.15) is 5.56 Å². The SMILES string of the molecule is O=[N+]([O-])c1ccccc1/C=N/OCCOc1ccccc1. The smallest absolute Gasteiger partial charge is 0.278 e. The van der Waals surface area contributed by atoms with Gasteiger partial charge in [0.1, 0.15) is 12.4 Å². The van der Waals surface area contributed by atoms with Gasteiger partial charge in [-0.3, -0.25) is 10.1 Å². The minimum absolute atomic E-state index is 0.00890. The van der Waals surface area contributed by atoms with E-state index in [1.54, 1.807) is 18.2 Å². The molecule has 21 heavy (non-hydrogen) atoms. The second-order valence-electron chi connectivity index (χ2n) is 4.05. The fourth-order valence-corrected chi connectivity index (χ4v) is 1.62. The summed E-state index contributed by atoms with van der Waals surface area (Å²) >= 11 is 0. The van der Waals surface area contributed by atoms with Crippen molar-refractivity contribution in [2.75, 3.05) is 13.2 Å². The number of nitro groups is 1. The molecule has 0 aromatic heterocycles. The molecular formula is C15H14N2O4. The Balaban J connectivity index is 1.77. The maximum absolute atomic E-state index is 10.8. The third-order valence-electron chi connectivity index (χ3n) is 2.59. The third-order valence-corrected chi connectivity index (χ3v) is 2.59. The van der Waals surface area contributed by atoms with Gasteiger partial charge in [0.25, 0.3) is 5.69 Å². The van der Waals surface area contributed by atoms with Crippen LogP contribution in [-0.4, -0.2) is 24.4 Å². The molecule has 0 saturated heterocycles. The third kappa shape index (κ3) is 4.61. The van der Waals surface area contributed by atoms with Crippen LogP contribution in [0.5, 0.6) is 5.75 Å². The van der Waals surface area contributed by atoms with Gasteiger partial charge in [0.15, 0.2) is 6.61 Å². The number of para-hydroxylation sites is 2. The van der Waals surface area contributed by atoms with Crippen molar-refractivity contribution < 1.29 is 14.5 Å². The summed E-state index contributed by atoms with van der Waals surface area (Å²) in [7, 11) is 0. The normalized spacial score (nSPS) is 10.5. The molecule has 2 aromatic rings. The molecule has 0 radical (unpaired) electrons. The molecule has 0 saturated carbocycles. The van der Waals surface area contributed by atoms with E-state index in [4.69, 9.17) is 9.57 Å². The van der Waals surface area contributed by atoms with Crippen molar-refractivity contribution in [2.24, 2.45) is 5.16 Å². The van der Waals surface area contributed by atoms with E-state index in [0.717, 1.165) is 5.75 Å². The van der Waals surface area contributed by atoms with E-state index < -0.39 is 4.92 Å². The van der Waals surface area contributed by atoms with Crippen LogP contribution in [0.15, 0.2) is 59.8 Å². The van der Waals surface area contributed by atoms with Crippen LogP contribution >= 0.6 is 0 Å². The monoisotopic (exact) mass is 286 g/mol. The molecule has 0 heterocycles. The summed E-state index contributed by atoms with van der Waals surface area (Å²) in [5.41, 5.74) is 0.386. The van der Waals surface area contributed by atoms with Gasteiger partial charge in [-0.05, 0) is 18.2 Å². The Bertz CT molecular complexity index is 614. The highest BCUT2D eigenvalue weighted by Gasteiger charge is 2.09. The number of rotatable bonds is 7. The van der Waals surface area contributed by atoms with Gasteiger partial charge in [-0.25, -0.2) is 0 Å². The minimum atomic E-state index is -0.458. The van der Waals surface area contributed by atoms with Crippen LogP contribution in [0.2, 0.25) is 0 Å². The van der Waals surface area contributed by atoms with Gasteiger partial charge in [-0.2, -0.15) is 0 Å². The molecule has 0 fully saturated rings. The molecule has 0 aliphatic heterocycles. The van der Waals surface area contributed by atoms with E-state index in [9.17, 15) is 10.1 Å². The molecule has 0 unspecified atom stereocenters. The van der Waals surface area contributed by atoms with E-state index >= 15 is 0 Å². The lowest BCUT2D eigenvalue weighted by atomic mass is 10.2. The summed E-state index contributed by atoms with van der Waals surface area (Å²) in [6, 6.07) is 15.7. The Hall–Kier alpha value is -2.89. The summed E-state index contributed by atoms with van der Waals surface area (Å²) < 4.78 is 5.41. The highest BCUT2D eigenvalue weighted by atomic mass is 16.6. The van der Waals surface area contributed by atoms with E-state index in [1.807, 2.05) is 30.3 Å². The molecule has 0 bridgehead atoms. The van der Waals surface area contributed by atoms with Gasteiger partial charge in [-0.1, -0.05) is 35.5 Å². The number of oxime groups is 1. The zero-order valence-electron chi connectivity index (χ0n) is 11.2. The predicted molar refractivity (Wildman–Crippen MR) is 78.6 cm³/mol. The first kappa shape index (κ1) is 14.5. The predicted octanol–water partition coefficient (Wildman–Crippen LogP) is 3.02. The maximum Gasteiger partial charge on any atom is 0.278 e. The zero-order valence-corrected chi connectivity index (χ0v) is 11.2. The molecular weight excluding hydrogens is 272 g/mol. The molecule has 0 aliphatic rings. The number of hydrogen-bond acceptors (Lipinski definition) is 5. The molecule has 0 spiro atoms. The molecule has 0 N–H and O–H groups in total. The first-order valence-electron chi connectivity index (χ1n) is 6.34. The number of benzene rings is 2. The quantitative estimate of drug-likeness (QED) is 0.339. The van der Waals surface area contributed by atoms with Crippen molar-refractivity contribution in [3.05, 3.63) is 70.3 Å². The first-order chi connectivity index (χ1) is 10.3. The van der Waals surface area contributed by atoms with Gasteiger partial charge in [0, 0.05) is 6.07 Å². The topological polar surface area (TPSA) is 74.0 Å². The van der Waals surface area contributed by atoms with Gasteiger partial charge in [-0.15, -0.1) is 0 Å². The van der Waals surface area contributed by atoms with Crippen LogP contribution in [0, 0.1) is 10.1 Å². The van der Waals surface area contributed by atoms with Gasteiger partial charge in [0.2, 0.25) is 0 Å². The second kappa shape index (κ2) is 7.64.